The predicted molar refractivity (Wildman–Crippen MR) is 82.7 cm³/mol. The van der Waals surface area contributed by atoms with Gasteiger partial charge in [-0.15, -0.1) is 0 Å². The molecule has 0 radical (unpaired) electrons. The SMILES string of the molecule is NC(N)=NCCCC(NC(=O)C(N)CC(=O)O)C(=O)NCC(=O)O. The van der Waals surface area contributed by atoms with Crippen molar-refractivity contribution in [1.82, 2.24) is 10.6 Å². The largest absolute Gasteiger partial charge is 0.481 e. The average molecular weight is 346 g/mol. The summed E-state index contributed by atoms with van der Waals surface area (Å²) in [5.41, 5.74) is 15.7. The Bertz CT molecular complexity index is 504. The molecule has 0 rings (SSSR count). The van der Waals surface area contributed by atoms with Crippen LogP contribution in [0.1, 0.15) is 19.3 Å². The molecule has 24 heavy (non-hydrogen) atoms. The average Bonchev–Trinajstić information content (AvgIpc) is 2.46. The van der Waals surface area contributed by atoms with Crippen LogP contribution in [0.25, 0.3) is 0 Å². The maximum atomic E-state index is 11.9. The van der Waals surface area contributed by atoms with Gasteiger partial charge in [-0.1, -0.05) is 0 Å². The molecule has 0 aromatic carbocycles. The van der Waals surface area contributed by atoms with Crippen LogP contribution in [0.15, 0.2) is 4.99 Å². The summed E-state index contributed by atoms with van der Waals surface area (Å²) in [6.07, 6.45) is -0.186. The van der Waals surface area contributed by atoms with Gasteiger partial charge in [0.05, 0.1) is 12.5 Å². The van der Waals surface area contributed by atoms with Gasteiger partial charge in [0.25, 0.3) is 0 Å². The van der Waals surface area contributed by atoms with E-state index in [4.69, 9.17) is 27.4 Å². The van der Waals surface area contributed by atoms with Crippen LogP contribution >= 0.6 is 0 Å². The molecule has 2 atom stereocenters. The number of aliphatic imine (C=N–C) groups is 1. The van der Waals surface area contributed by atoms with E-state index in [9.17, 15) is 19.2 Å². The summed E-state index contributed by atoms with van der Waals surface area (Å²) >= 11 is 0. The molecule has 0 aliphatic carbocycles. The van der Waals surface area contributed by atoms with Gasteiger partial charge >= 0.3 is 11.9 Å². The van der Waals surface area contributed by atoms with Crippen LogP contribution in [0.5, 0.6) is 0 Å². The van der Waals surface area contributed by atoms with E-state index >= 15 is 0 Å². The van der Waals surface area contributed by atoms with E-state index in [1.54, 1.807) is 0 Å². The van der Waals surface area contributed by atoms with E-state index in [1.807, 2.05) is 0 Å². The number of rotatable bonds is 11. The van der Waals surface area contributed by atoms with Crippen molar-refractivity contribution in [3.8, 4) is 0 Å². The number of carboxylic acids is 2. The van der Waals surface area contributed by atoms with Crippen molar-refractivity contribution in [3.05, 3.63) is 0 Å². The third-order valence-electron chi connectivity index (χ3n) is 2.72. The number of carboxylic acid groups (broad SMARTS) is 2. The van der Waals surface area contributed by atoms with Crippen LogP contribution in [0.2, 0.25) is 0 Å². The third kappa shape index (κ3) is 9.94. The molecule has 12 nitrogen and oxygen atoms in total. The van der Waals surface area contributed by atoms with E-state index in [1.165, 1.54) is 0 Å². The van der Waals surface area contributed by atoms with Gasteiger partial charge in [0, 0.05) is 6.54 Å². The lowest BCUT2D eigenvalue weighted by Gasteiger charge is -2.19. The van der Waals surface area contributed by atoms with Crippen LogP contribution in [-0.4, -0.2) is 65.1 Å². The second-order valence-electron chi connectivity index (χ2n) is 4.83. The number of nitrogens with one attached hydrogen (secondary N) is 2. The maximum Gasteiger partial charge on any atom is 0.322 e. The molecule has 0 aliphatic heterocycles. The monoisotopic (exact) mass is 346 g/mol. The molecule has 0 aliphatic rings. The summed E-state index contributed by atoms with van der Waals surface area (Å²) in [6.45, 7) is -0.428. The second-order valence-corrected chi connectivity index (χ2v) is 4.83. The molecular formula is C12H22N6O6. The van der Waals surface area contributed by atoms with Crippen molar-refractivity contribution in [3.63, 3.8) is 0 Å². The molecular weight excluding hydrogens is 324 g/mol. The number of guanidine groups is 1. The van der Waals surface area contributed by atoms with Crippen LogP contribution in [0, 0.1) is 0 Å². The highest BCUT2D eigenvalue weighted by Gasteiger charge is 2.24. The van der Waals surface area contributed by atoms with Crippen molar-refractivity contribution in [2.24, 2.45) is 22.2 Å². The molecule has 2 amide bonds. The van der Waals surface area contributed by atoms with Crippen molar-refractivity contribution in [2.75, 3.05) is 13.1 Å². The van der Waals surface area contributed by atoms with Gasteiger partial charge in [0.15, 0.2) is 5.96 Å². The summed E-state index contributed by atoms with van der Waals surface area (Å²) < 4.78 is 0. The Kier molecular flexibility index (Phi) is 9.48. The standard InChI is InChI=1S/C12H22N6O6/c13-6(4-8(19)20)10(23)18-7(2-1-3-16-12(14)15)11(24)17-5-9(21)22/h6-7H,1-5,13H2,(H,17,24)(H,18,23)(H,19,20)(H,21,22)(H4,14,15,16). The van der Waals surface area contributed by atoms with Crippen LogP contribution in [0.3, 0.4) is 0 Å². The van der Waals surface area contributed by atoms with Crippen molar-refractivity contribution >= 4 is 29.7 Å². The number of hydrogen-bond acceptors (Lipinski definition) is 6. The van der Waals surface area contributed by atoms with Gasteiger partial charge < -0.3 is 38.0 Å². The Morgan fingerprint density at radius 1 is 1.04 bits per heavy atom. The summed E-state index contributed by atoms with van der Waals surface area (Å²) in [6, 6.07) is -2.43. The van der Waals surface area contributed by atoms with Gasteiger partial charge in [0.1, 0.15) is 12.6 Å². The number of amides is 2. The molecule has 10 N–H and O–H groups in total. The maximum absolute atomic E-state index is 11.9. The molecule has 0 aromatic heterocycles. The highest BCUT2D eigenvalue weighted by atomic mass is 16.4. The molecule has 0 bridgehead atoms. The van der Waals surface area contributed by atoms with Gasteiger partial charge in [-0.2, -0.15) is 0 Å². The minimum Gasteiger partial charge on any atom is -0.481 e. The van der Waals surface area contributed by atoms with E-state index in [2.05, 4.69) is 15.6 Å². The first kappa shape index (κ1) is 21.1. The number of aliphatic carboxylic acids is 2. The molecule has 0 saturated heterocycles. The minimum atomic E-state index is -1.34. The Balaban J connectivity index is 4.73. The molecule has 136 valence electrons. The van der Waals surface area contributed by atoms with E-state index < -0.39 is 48.8 Å². The smallest absolute Gasteiger partial charge is 0.322 e. The van der Waals surface area contributed by atoms with Crippen LogP contribution in [0.4, 0.5) is 0 Å². The Labute approximate surface area is 137 Å². The lowest BCUT2D eigenvalue weighted by molar-refractivity contribution is -0.140. The fourth-order valence-corrected chi connectivity index (χ4v) is 1.62. The minimum absolute atomic E-state index is 0.105. The highest BCUT2D eigenvalue weighted by Crippen LogP contribution is 2.00. The molecule has 12 heteroatoms. The molecule has 0 fully saturated rings. The Morgan fingerprint density at radius 3 is 2.17 bits per heavy atom. The second kappa shape index (κ2) is 10.8. The lowest BCUT2D eigenvalue weighted by Crippen LogP contribution is -2.52. The van der Waals surface area contributed by atoms with Gasteiger partial charge in [-0.25, -0.2) is 0 Å². The van der Waals surface area contributed by atoms with Crippen molar-refractivity contribution in [2.45, 2.75) is 31.3 Å². The first-order valence-corrected chi connectivity index (χ1v) is 6.96. The van der Waals surface area contributed by atoms with Crippen molar-refractivity contribution < 1.29 is 29.4 Å². The van der Waals surface area contributed by atoms with Gasteiger partial charge in [-0.05, 0) is 12.8 Å². The van der Waals surface area contributed by atoms with E-state index in [-0.39, 0.29) is 18.9 Å². The van der Waals surface area contributed by atoms with Crippen LogP contribution < -0.4 is 27.8 Å². The first-order valence-electron chi connectivity index (χ1n) is 6.96. The van der Waals surface area contributed by atoms with Crippen molar-refractivity contribution in [1.29, 1.82) is 0 Å². The topological polar surface area (TPSA) is 223 Å². The molecule has 0 saturated carbocycles. The summed E-state index contributed by atoms with van der Waals surface area (Å²) in [7, 11) is 0. The van der Waals surface area contributed by atoms with E-state index in [0.29, 0.717) is 6.42 Å². The predicted octanol–water partition coefficient (Wildman–Crippen LogP) is -3.47. The number of carbonyl (C=O) groups excluding carboxylic acids is 2. The summed E-state index contributed by atoms with van der Waals surface area (Å²) in [4.78, 5) is 48.5. The Hall–Kier alpha value is -2.89. The molecule has 2 unspecified atom stereocenters. The first-order chi connectivity index (χ1) is 11.1. The molecule has 0 aromatic rings. The lowest BCUT2D eigenvalue weighted by atomic mass is 10.1. The number of carbonyl (C=O) groups is 4. The summed E-state index contributed by atoms with van der Waals surface area (Å²) in [5, 5.41) is 21.6. The summed E-state index contributed by atoms with van der Waals surface area (Å²) in [5.74, 6) is -4.23. The molecule has 0 heterocycles. The fraction of sp³-hybridized carbons (Fsp3) is 0.583. The molecule has 0 spiro atoms. The third-order valence-corrected chi connectivity index (χ3v) is 2.72. The Morgan fingerprint density at radius 2 is 1.67 bits per heavy atom. The number of hydrogen-bond donors (Lipinski definition) is 7. The van der Waals surface area contributed by atoms with Crippen LogP contribution in [-0.2, 0) is 19.2 Å². The number of nitrogens with zero attached hydrogens (tertiary/aromatic N) is 1. The zero-order valence-electron chi connectivity index (χ0n) is 12.9. The number of nitrogens with two attached hydrogens (primary N) is 3. The normalized spacial score (nSPS) is 12.5. The highest BCUT2D eigenvalue weighted by molar-refractivity contribution is 5.92. The van der Waals surface area contributed by atoms with E-state index in [0.717, 1.165) is 0 Å². The zero-order valence-corrected chi connectivity index (χ0v) is 12.9. The fourth-order valence-electron chi connectivity index (χ4n) is 1.62. The van der Waals surface area contributed by atoms with Gasteiger partial charge in [0.2, 0.25) is 11.8 Å². The quantitative estimate of drug-likeness (QED) is 0.112. The van der Waals surface area contributed by atoms with Gasteiger partial charge in [-0.3, -0.25) is 24.2 Å². The zero-order chi connectivity index (χ0) is 18.7.